The van der Waals surface area contributed by atoms with Crippen LogP contribution in [0, 0.1) is 0 Å². The number of rotatable bonds is 5. The molecule has 1 aliphatic heterocycles. The smallest absolute Gasteiger partial charge is 0.414 e. The van der Waals surface area contributed by atoms with Gasteiger partial charge in [0.2, 0.25) is 0 Å². The van der Waals surface area contributed by atoms with Gasteiger partial charge in [-0.2, -0.15) is 8.78 Å². The number of benzene rings is 1. The number of hydrogen-bond donors (Lipinski definition) is 1. The van der Waals surface area contributed by atoms with E-state index in [-0.39, 0.29) is 11.9 Å². The van der Waals surface area contributed by atoms with Crippen molar-refractivity contribution in [3.05, 3.63) is 29.8 Å². The Morgan fingerprint density at radius 3 is 2.92 bits per heavy atom. The number of cyclic esters (lactones) is 1. The lowest BCUT2D eigenvalue weighted by Gasteiger charge is -2.29. The molecule has 0 spiro atoms. The fraction of sp³-hybridized carbons (Fsp3) is 0.529. The molecule has 2 amide bonds. The number of halogens is 2. The summed E-state index contributed by atoms with van der Waals surface area (Å²) in [6, 6.07) is 6.50. The highest BCUT2D eigenvalue weighted by Gasteiger charge is 2.27. The van der Waals surface area contributed by atoms with Crippen molar-refractivity contribution in [1.29, 1.82) is 0 Å². The molecule has 1 aromatic rings. The van der Waals surface area contributed by atoms with E-state index in [1.807, 2.05) is 0 Å². The molecule has 0 aromatic heterocycles. The molecular weight excluding hydrogens is 334 g/mol. The summed E-state index contributed by atoms with van der Waals surface area (Å²) in [5, 5.41) is 2.87. The lowest BCUT2D eigenvalue weighted by molar-refractivity contribution is -0.170. The molecule has 3 rings (SSSR count). The Bertz CT molecular complexity index is 641. The largest absolute Gasteiger partial charge is 0.447 e. The van der Waals surface area contributed by atoms with Crippen LogP contribution in [0.1, 0.15) is 36.0 Å². The predicted molar refractivity (Wildman–Crippen MR) is 85.7 cm³/mol. The van der Waals surface area contributed by atoms with Crippen LogP contribution in [0.25, 0.3) is 0 Å². The van der Waals surface area contributed by atoms with Crippen LogP contribution in [-0.4, -0.2) is 43.9 Å². The van der Waals surface area contributed by atoms with Crippen LogP contribution in [0.3, 0.4) is 0 Å². The number of carbonyl (C=O) groups is 2. The highest BCUT2D eigenvalue weighted by Crippen LogP contribution is 2.24. The molecule has 2 atom stereocenters. The second-order valence-electron chi connectivity index (χ2n) is 6.17. The summed E-state index contributed by atoms with van der Waals surface area (Å²) in [5.41, 5.74) is 1.01. The van der Waals surface area contributed by atoms with E-state index in [0.29, 0.717) is 37.2 Å². The Labute approximate surface area is 144 Å². The lowest BCUT2D eigenvalue weighted by Crippen LogP contribution is -2.40. The summed E-state index contributed by atoms with van der Waals surface area (Å²) in [7, 11) is 0. The van der Waals surface area contributed by atoms with Gasteiger partial charge in [0, 0.05) is 17.3 Å². The van der Waals surface area contributed by atoms with E-state index < -0.39 is 18.8 Å². The molecule has 2 unspecified atom stereocenters. The van der Waals surface area contributed by atoms with Gasteiger partial charge >= 0.3 is 12.7 Å². The molecule has 6 nitrogen and oxygen atoms in total. The molecule has 0 bridgehead atoms. The van der Waals surface area contributed by atoms with E-state index in [1.54, 1.807) is 24.3 Å². The number of nitrogens with one attached hydrogen (secondary N) is 1. The van der Waals surface area contributed by atoms with Gasteiger partial charge in [-0.25, -0.2) is 4.79 Å². The van der Waals surface area contributed by atoms with E-state index in [1.165, 1.54) is 4.90 Å². The van der Waals surface area contributed by atoms with Crippen molar-refractivity contribution in [1.82, 2.24) is 5.32 Å². The second kappa shape index (κ2) is 7.77. The Balaban J connectivity index is 1.62. The van der Waals surface area contributed by atoms with Gasteiger partial charge in [-0.15, -0.1) is 0 Å². The number of hydrogen-bond acceptors (Lipinski definition) is 4. The van der Waals surface area contributed by atoms with Crippen LogP contribution in [0.2, 0.25) is 0 Å². The number of ether oxygens (including phenoxy) is 2. The van der Waals surface area contributed by atoms with E-state index in [0.717, 1.165) is 12.8 Å². The SMILES string of the molecule is O=C(NC1CCCC(OC(F)F)C1)c1cccc(N2CCOC2=O)c1. The second-order valence-corrected chi connectivity index (χ2v) is 6.17. The molecule has 0 radical (unpaired) electrons. The third kappa shape index (κ3) is 4.45. The van der Waals surface area contributed by atoms with E-state index in [2.05, 4.69) is 10.1 Å². The minimum absolute atomic E-state index is 0.203. The number of alkyl halides is 2. The molecular formula is C17H20F2N2O4. The Morgan fingerprint density at radius 1 is 1.36 bits per heavy atom. The van der Waals surface area contributed by atoms with E-state index in [9.17, 15) is 18.4 Å². The maximum Gasteiger partial charge on any atom is 0.414 e. The summed E-state index contributed by atoms with van der Waals surface area (Å²) in [4.78, 5) is 25.5. The lowest BCUT2D eigenvalue weighted by atomic mass is 9.92. The molecule has 25 heavy (non-hydrogen) atoms. The summed E-state index contributed by atoms with van der Waals surface area (Å²) in [6.07, 6.45) is 1.42. The highest BCUT2D eigenvalue weighted by molar-refractivity contribution is 5.97. The van der Waals surface area contributed by atoms with Crippen LogP contribution < -0.4 is 10.2 Å². The van der Waals surface area contributed by atoms with E-state index >= 15 is 0 Å². The normalized spacial score (nSPS) is 23.6. The number of anilines is 1. The van der Waals surface area contributed by atoms with Crippen LogP contribution >= 0.6 is 0 Å². The average Bonchev–Trinajstić information content (AvgIpc) is 3.01. The van der Waals surface area contributed by atoms with Gasteiger partial charge in [0.05, 0.1) is 12.6 Å². The quantitative estimate of drug-likeness (QED) is 0.883. The van der Waals surface area contributed by atoms with Gasteiger partial charge in [-0.05, 0) is 43.9 Å². The maximum absolute atomic E-state index is 12.5. The minimum Gasteiger partial charge on any atom is -0.447 e. The third-order valence-corrected chi connectivity index (χ3v) is 4.44. The summed E-state index contributed by atoms with van der Waals surface area (Å²) in [5.74, 6) is -0.294. The van der Waals surface area contributed by atoms with Crippen molar-refractivity contribution in [2.24, 2.45) is 0 Å². The Hall–Kier alpha value is -2.22. The summed E-state index contributed by atoms with van der Waals surface area (Å²) in [6.45, 7) is -2.03. The molecule has 1 N–H and O–H groups in total. The summed E-state index contributed by atoms with van der Waals surface area (Å²) >= 11 is 0. The Morgan fingerprint density at radius 2 is 2.20 bits per heavy atom. The fourth-order valence-corrected chi connectivity index (χ4v) is 3.26. The molecule has 2 aliphatic rings. The zero-order valence-electron chi connectivity index (χ0n) is 13.6. The van der Waals surface area contributed by atoms with Crippen molar-refractivity contribution in [2.75, 3.05) is 18.1 Å². The molecule has 8 heteroatoms. The first-order valence-corrected chi connectivity index (χ1v) is 8.32. The van der Waals surface area contributed by atoms with Gasteiger partial charge in [0.1, 0.15) is 6.61 Å². The molecule has 1 aliphatic carbocycles. The van der Waals surface area contributed by atoms with E-state index in [4.69, 9.17) is 4.74 Å². The molecule has 1 saturated heterocycles. The van der Waals surface area contributed by atoms with Crippen LogP contribution in [0.5, 0.6) is 0 Å². The average molecular weight is 354 g/mol. The molecule has 1 aromatic carbocycles. The minimum atomic E-state index is -2.80. The van der Waals surface area contributed by atoms with Gasteiger partial charge in [-0.1, -0.05) is 6.07 Å². The zero-order valence-corrected chi connectivity index (χ0v) is 13.6. The summed E-state index contributed by atoms with van der Waals surface area (Å²) < 4.78 is 34.2. The first-order chi connectivity index (χ1) is 12.0. The van der Waals surface area contributed by atoms with Crippen LogP contribution in [0.15, 0.2) is 24.3 Å². The maximum atomic E-state index is 12.5. The van der Waals surface area contributed by atoms with Gasteiger partial charge in [0.15, 0.2) is 0 Å². The predicted octanol–water partition coefficient (Wildman–Crippen LogP) is 2.92. The molecule has 1 heterocycles. The van der Waals surface area contributed by atoms with Crippen LogP contribution in [0.4, 0.5) is 19.3 Å². The van der Waals surface area contributed by atoms with Gasteiger partial charge < -0.3 is 14.8 Å². The highest BCUT2D eigenvalue weighted by atomic mass is 19.3. The number of nitrogens with zero attached hydrogens (tertiary/aromatic N) is 1. The fourth-order valence-electron chi connectivity index (χ4n) is 3.26. The third-order valence-electron chi connectivity index (χ3n) is 4.44. The van der Waals surface area contributed by atoms with Crippen molar-refractivity contribution < 1.29 is 27.8 Å². The molecule has 136 valence electrons. The van der Waals surface area contributed by atoms with Crippen molar-refractivity contribution in [2.45, 2.75) is 44.4 Å². The first kappa shape index (κ1) is 17.6. The van der Waals surface area contributed by atoms with Gasteiger partial charge in [-0.3, -0.25) is 9.69 Å². The Kier molecular flexibility index (Phi) is 5.47. The number of carbonyl (C=O) groups excluding carboxylic acids is 2. The van der Waals surface area contributed by atoms with Crippen LogP contribution in [-0.2, 0) is 9.47 Å². The zero-order chi connectivity index (χ0) is 17.8. The van der Waals surface area contributed by atoms with Crippen molar-refractivity contribution in [3.63, 3.8) is 0 Å². The van der Waals surface area contributed by atoms with Crippen molar-refractivity contribution in [3.8, 4) is 0 Å². The first-order valence-electron chi connectivity index (χ1n) is 8.32. The topological polar surface area (TPSA) is 67.9 Å². The molecule has 2 fully saturated rings. The van der Waals surface area contributed by atoms with Crippen molar-refractivity contribution >= 4 is 17.7 Å². The number of amides is 2. The standard InChI is InChI=1S/C17H20F2N2O4/c18-16(19)25-14-6-2-4-12(10-14)20-15(22)11-3-1-5-13(9-11)21-7-8-24-17(21)23/h1,3,5,9,12,14,16H,2,4,6-8,10H2,(H,20,22). The molecule has 1 saturated carbocycles. The monoisotopic (exact) mass is 354 g/mol. The van der Waals surface area contributed by atoms with Gasteiger partial charge in [0.25, 0.3) is 5.91 Å².